The summed E-state index contributed by atoms with van der Waals surface area (Å²) in [5, 5.41) is 4.43. The van der Waals surface area contributed by atoms with Crippen LogP contribution in [-0.2, 0) is 24.7 Å². The first-order valence-electron chi connectivity index (χ1n) is 5.74. The molecular formula is C12H19BrN2O. The number of carbonyl (C=O) groups is 1. The van der Waals surface area contributed by atoms with Crippen LogP contribution in [0.2, 0.25) is 0 Å². The van der Waals surface area contributed by atoms with Gasteiger partial charge in [-0.3, -0.25) is 9.48 Å². The van der Waals surface area contributed by atoms with E-state index in [9.17, 15) is 4.79 Å². The lowest BCUT2D eigenvalue weighted by molar-refractivity contribution is -0.122. The second-order valence-electron chi connectivity index (χ2n) is 4.11. The van der Waals surface area contributed by atoms with E-state index in [1.165, 1.54) is 0 Å². The number of halogens is 1. The molecule has 0 fully saturated rings. The highest BCUT2D eigenvalue weighted by molar-refractivity contribution is 9.10. The maximum absolute atomic E-state index is 11.6. The molecular weight excluding hydrogens is 268 g/mol. The molecule has 0 saturated carbocycles. The Balaban J connectivity index is 2.89. The Morgan fingerprint density at radius 1 is 1.50 bits per heavy atom. The zero-order valence-corrected chi connectivity index (χ0v) is 12.0. The number of rotatable bonds is 5. The Morgan fingerprint density at radius 3 is 2.56 bits per heavy atom. The molecule has 1 aromatic heterocycles. The fourth-order valence-electron chi connectivity index (χ4n) is 1.79. The van der Waals surface area contributed by atoms with Crippen molar-refractivity contribution in [3.05, 3.63) is 15.9 Å². The lowest BCUT2D eigenvalue weighted by atomic mass is 9.98. The van der Waals surface area contributed by atoms with Gasteiger partial charge in [0.1, 0.15) is 5.78 Å². The quantitative estimate of drug-likeness (QED) is 0.834. The first kappa shape index (κ1) is 13.4. The molecule has 1 rings (SSSR count). The van der Waals surface area contributed by atoms with Crippen molar-refractivity contribution in [2.24, 2.45) is 13.0 Å². The first-order valence-corrected chi connectivity index (χ1v) is 6.53. The molecule has 16 heavy (non-hydrogen) atoms. The van der Waals surface area contributed by atoms with Crippen molar-refractivity contribution in [3.63, 3.8) is 0 Å². The summed E-state index contributed by atoms with van der Waals surface area (Å²) >= 11 is 3.57. The Kier molecular flexibility index (Phi) is 4.71. The number of ketones is 1. The summed E-state index contributed by atoms with van der Waals surface area (Å²) in [4.78, 5) is 11.6. The van der Waals surface area contributed by atoms with Crippen LogP contribution < -0.4 is 0 Å². The van der Waals surface area contributed by atoms with Crippen LogP contribution in [0.3, 0.4) is 0 Å². The minimum absolute atomic E-state index is 0.0707. The van der Waals surface area contributed by atoms with Crippen LogP contribution in [-0.4, -0.2) is 15.6 Å². The van der Waals surface area contributed by atoms with Crippen molar-refractivity contribution in [1.82, 2.24) is 9.78 Å². The summed E-state index contributed by atoms with van der Waals surface area (Å²) in [6.07, 6.45) is 2.28. The number of Topliss-reactive ketones (excluding diaryl/α,β-unsaturated/α-hetero) is 1. The number of hydrogen-bond donors (Lipinski definition) is 0. The first-order chi connectivity index (χ1) is 7.51. The zero-order chi connectivity index (χ0) is 12.3. The molecule has 0 aliphatic carbocycles. The van der Waals surface area contributed by atoms with Gasteiger partial charge in [0.15, 0.2) is 0 Å². The van der Waals surface area contributed by atoms with Crippen molar-refractivity contribution >= 4 is 21.7 Å². The molecule has 3 nitrogen and oxygen atoms in total. The Bertz CT molecular complexity index is 385. The molecule has 1 atom stereocenters. The Morgan fingerprint density at radius 2 is 2.12 bits per heavy atom. The maximum Gasteiger partial charge on any atom is 0.135 e. The Labute approximate surface area is 105 Å². The van der Waals surface area contributed by atoms with Crippen molar-refractivity contribution in [2.45, 2.75) is 40.0 Å². The predicted octanol–water partition coefficient (Wildman–Crippen LogP) is 2.90. The standard InChI is InChI=1S/C12H19BrN2O/c1-5-9-12(13)10(15(4)14-9)7-8(3)11(16)6-2/h8H,5-7H2,1-4H3. The highest BCUT2D eigenvalue weighted by Gasteiger charge is 2.18. The van der Waals surface area contributed by atoms with Crippen molar-refractivity contribution in [3.8, 4) is 0 Å². The van der Waals surface area contributed by atoms with Crippen LogP contribution in [0.1, 0.15) is 38.6 Å². The molecule has 0 aliphatic heterocycles. The van der Waals surface area contributed by atoms with Crippen LogP contribution in [0.15, 0.2) is 4.47 Å². The van der Waals surface area contributed by atoms with Crippen molar-refractivity contribution in [1.29, 1.82) is 0 Å². The minimum atomic E-state index is 0.0707. The average Bonchev–Trinajstić information content (AvgIpc) is 2.55. The van der Waals surface area contributed by atoms with Crippen LogP contribution in [0.4, 0.5) is 0 Å². The molecule has 0 aromatic carbocycles. The van der Waals surface area contributed by atoms with E-state index in [2.05, 4.69) is 28.0 Å². The molecule has 0 N–H and O–H groups in total. The average molecular weight is 287 g/mol. The van der Waals surface area contributed by atoms with Crippen LogP contribution >= 0.6 is 15.9 Å². The summed E-state index contributed by atoms with van der Waals surface area (Å²) in [6, 6.07) is 0. The summed E-state index contributed by atoms with van der Waals surface area (Å²) in [5.41, 5.74) is 2.18. The molecule has 0 saturated heterocycles. The number of carbonyl (C=O) groups excluding carboxylic acids is 1. The molecule has 0 spiro atoms. The zero-order valence-electron chi connectivity index (χ0n) is 10.4. The summed E-state index contributed by atoms with van der Waals surface area (Å²) in [5.74, 6) is 0.382. The van der Waals surface area contributed by atoms with E-state index in [-0.39, 0.29) is 5.92 Å². The van der Waals surface area contributed by atoms with E-state index in [1.807, 2.05) is 25.6 Å². The minimum Gasteiger partial charge on any atom is -0.299 e. The smallest absolute Gasteiger partial charge is 0.135 e. The van der Waals surface area contributed by atoms with Crippen molar-refractivity contribution < 1.29 is 4.79 Å². The Hall–Kier alpha value is -0.640. The highest BCUT2D eigenvalue weighted by Crippen LogP contribution is 2.24. The monoisotopic (exact) mass is 286 g/mol. The van der Waals surface area contributed by atoms with Gasteiger partial charge in [-0.15, -0.1) is 0 Å². The van der Waals surface area contributed by atoms with Crippen molar-refractivity contribution in [2.75, 3.05) is 0 Å². The second kappa shape index (κ2) is 5.62. The maximum atomic E-state index is 11.6. The number of aryl methyl sites for hydroxylation is 2. The molecule has 90 valence electrons. The molecule has 1 unspecified atom stereocenters. The lowest BCUT2D eigenvalue weighted by Gasteiger charge is -2.09. The molecule has 0 bridgehead atoms. The van der Waals surface area contributed by atoms with Crippen LogP contribution in [0.25, 0.3) is 0 Å². The van der Waals surface area contributed by atoms with Gasteiger partial charge in [0.05, 0.1) is 15.9 Å². The second-order valence-corrected chi connectivity index (χ2v) is 4.90. The lowest BCUT2D eigenvalue weighted by Crippen LogP contribution is -2.14. The molecule has 0 amide bonds. The topological polar surface area (TPSA) is 34.9 Å². The molecule has 1 aromatic rings. The third kappa shape index (κ3) is 2.73. The van der Waals surface area contributed by atoms with Gasteiger partial charge in [-0.2, -0.15) is 5.10 Å². The number of nitrogens with zero attached hydrogens (tertiary/aromatic N) is 2. The molecule has 1 heterocycles. The fourth-order valence-corrected chi connectivity index (χ4v) is 2.57. The van der Waals surface area contributed by atoms with E-state index in [1.54, 1.807) is 0 Å². The molecule has 0 radical (unpaired) electrons. The predicted molar refractivity (Wildman–Crippen MR) is 68.5 cm³/mol. The van der Waals surface area contributed by atoms with Gasteiger partial charge in [0.2, 0.25) is 0 Å². The SMILES string of the molecule is CCC(=O)C(C)Cc1c(Br)c(CC)nn1C. The third-order valence-corrected chi connectivity index (χ3v) is 3.82. The normalized spacial score (nSPS) is 12.8. The van der Waals surface area contributed by atoms with E-state index in [0.29, 0.717) is 12.2 Å². The third-order valence-electron chi connectivity index (χ3n) is 2.90. The van der Waals surface area contributed by atoms with Gasteiger partial charge in [0, 0.05) is 19.4 Å². The van der Waals surface area contributed by atoms with Gasteiger partial charge in [-0.05, 0) is 28.8 Å². The molecule has 0 aliphatic rings. The van der Waals surface area contributed by atoms with Gasteiger partial charge < -0.3 is 0 Å². The van der Waals surface area contributed by atoms with Gasteiger partial charge in [-0.1, -0.05) is 20.8 Å². The van der Waals surface area contributed by atoms with E-state index >= 15 is 0 Å². The van der Waals surface area contributed by atoms with E-state index in [0.717, 1.165) is 28.7 Å². The van der Waals surface area contributed by atoms with Gasteiger partial charge >= 0.3 is 0 Å². The van der Waals surface area contributed by atoms with E-state index < -0.39 is 0 Å². The number of aromatic nitrogens is 2. The summed E-state index contributed by atoms with van der Waals surface area (Å²) < 4.78 is 2.94. The van der Waals surface area contributed by atoms with Crippen LogP contribution in [0.5, 0.6) is 0 Å². The summed E-state index contributed by atoms with van der Waals surface area (Å²) in [7, 11) is 1.93. The summed E-state index contributed by atoms with van der Waals surface area (Å²) in [6.45, 7) is 5.98. The largest absolute Gasteiger partial charge is 0.299 e. The highest BCUT2D eigenvalue weighted by atomic mass is 79.9. The van der Waals surface area contributed by atoms with Crippen LogP contribution in [0, 0.1) is 5.92 Å². The molecule has 4 heteroatoms. The van der Waals surface area contributed by atoms with Gasteiger partial charge in [0.25, 0.3) is 0 Å². The fraction of sp³-hybridized carbons (Fsp3) is 0.667. The van der Waals surface area contributed by atoms with Gasteiger partial charge in [-0.25, -0.2) is 0 Å². The van der Waals surface area contributed by atoms with E-state index in [4.69, 9.17) is 0 Å². The number of hydrogen-bond acceptors (Lipinski definition) is 2.